The fourth-order valence-electron chi connectivity index (χ4n) is 2.60. The zero-order valence-electron chi connectivity index (χ0n) is 16.0. The number of benzene rings is 2. The third kappa shape index (κ3) is 5.28. The Morgan fingerprint density at radius 1 is 1.07 bits per heavy atom. The van der Waals surface area contributed by atoms with Gasteiger partial charge in [-0.2, -0.15) is 0 Å². The monoisotopic (exact) mass is 429 g/mol. The first-order chi connectivity index (χ1) is 12.7. The lowest BCUT2D eigenvalue weighted by Gasteiger charge is -2.26. The summed E-state index contributed by atoms with van der Waals surface area (Å²) in [6.45, 7) is 4.38. The average molecular weight is 430 g/mol. The van der Waals surface area contributed by atoms with Gasteiger partial charge in [-0.3, -0.25) is 4.57 Å². The van der Waals surface area contributed by atoms with E-state index in [4.69, 9.17) is 27.7 Å². The van der Waals surface area contributed by atoms with E-state index >= 15 is 0 Å². The van der Waals surface area contributed by atoms with Gasteiger partial charge in [0.2, 0.25) is 0 Å². The first-order valence-electron chi connectivity index (χ1n) is 8.81. The van der Waals surface area contributed by atoms with E-state index in [2.05, 4.69) is 13.8 Å². The molecule has 0 heterocycles. The SMILES string of the molecule is CC(C)CCOP(=O)(c1ccc(N(C)C)cc1)C(O)c1c(Cl)cccc1Cl. The molecule has 0 aliphatic carbocycles. The molecule has 0 saturated carbocycles. The summed E-state index contributed by atoms with van der Waals surface area (Å²) in [6.07, 6.45) is 0.725. The molecule has 0 radical (unpaired) electrons. The smallest absolute Gasteiger partial charge is 0.264 e. The Morgan fingerprint density at radius 2 is 1.63 bits per heavy atom. The van der Waals surface area contributed by atoms with Gasteiger partial charge in [-0.15, -0.1) is 0 Å². The van der Waals surface area contributed by atoms with E-state index in [0.717, 1.165) is 12.1 Å². The van der Waals surface area contributed by atoms with Crippen LogP contribution in [-0.2, 0) is 9.09 Å². The van der Waals surface area contributed by atoms with Gasteiger partial charge in [0, 0.05) is 40.7 Å². The lowest BCUT2D eigenvalue weighted by molar-refractivity contribution is 0.209. The number of halogens is 2. The summed E-state index contributed by atoms with van der Waals surface area (Å²) >= 11 is 12.5. The highest BCUT2D eigenvalue weighted by Gasteiger charge is 2.38. The van der Waals surface area contributed by atoms with Crippen LogP contribution in [0, 0.1) is 5.92 Å². The highest BCUT2D eigenvalue weighted by atomic mass is 35.5. The molecule has 0 bridgehead atoms. The highest BCUT2D eigenvalue weighted by Crippen LogP contribution is 2.59. The molecule has 0 spiro atoms. The molecule has 0 fully saturated rings. The van der Waals surface area contributed by atoms with E-state index in [1.807, 2.05) is 31.1 Å². The fourth-order valence-corrected chi connectivity index (χ4v) is 5.48. The Bertz CT molecular complexity index is 789. The van der Waals surface area contributed by atoms with Gasteiger partial charge in [-0.25, -0.2) is 0 Å². The summed E-state index contributed by atoms with van der Waals surface area (Å²) in [4.78, 5) is 1.94. The molecule has 0 amide bonds. The average Bonchev–Trinajstić information content (AvgIpc) is 2.61. The van der Waals surface area contributed by atoms with Gasteiger partial charge in [0.25, 0.3) is 7.37 Å². The van der Waals surface area contributed by atoms with Crippen LogP contribution in [0.15, 0.2) is 42.5 Å². The topological polar surface area (TPSA) is 49.8 Å². The Labute approximate surface area is 171 Å². The van der Waals surface area contributed by atoms with Crippen LogP contribution in [0.2, 0.25) is 10.0 Å². The Hall–Kier alpha value is -1.03. The summed E-state index contributed by atoms with van der Waals surface area (Å²) in [5.41, 5.74) is 1.18. The van der Waals surface area contributed by atoms with Crippen LogP contribution in [0.5, 0.6) is 0 Å². The molecule has 0 aliphatic rings. The normalized spacial score (nSPS) is 14.8. The van der Waals surface area contributed by atoms with Gasteiger partial charge in [0.15, 0.2) is 5.85 Å². The van der Waals surface area contributed by atoms with Crippen molar-refractivity contribution in [1.29, 1.82) is 0 Å². The number of nitrogens with zero attached hydrogens (tertiary/aromatic N) is 1. The molecule has 7 heteroatoms. The van der Waals surface area contributed by atoms with Gasteiger partial charge < -0.3 is 14.5 Å². The van der Waals surface area contributed by atoms with E-state index in [0.29, 0.717) is 11.2 Å². The van der Waals surface area contributed by atoms with Crippen molar-refractivity contribution in [2.24, 2.45) is 5.92 Å². The first-order valence-corrected chi connectivity index (χ1v) is 11.3. The third-order valence-electron chi connectivity index (χ3n) is 4.28. The van der Waals surface area contributed by atoms with Gasteiger partial charge >= 0.3 is 0 Å². The molecule has 2 unspecified atom stereocenters. The molecule has 0 saturated heterocycles. The van der Waals surface area contributed by atoms with Crippen molar-refractivity contribution in [2.75, 3.05) is 25.6 Å². The molecular formula is C20H26Cl2NO3P. The largest absolute Gasteiger partial charge is 0.378 e. The van der Waals surface area contributed by atoms with Gasteiger partial charge in [-0.05, 0) is 48.7 Å². The van der Waals surface area contributed by atoms with E-state index in [1.165, 1.54) is 0 Å². The summed E-state index contributed by atoms with van der Waals surface area (Å²) in [5.74, 6) is -1.06. The summed E-state index contributed by atoms with van der Waals surface area (Å²) < 4.78 is 19.7. The predicted octanol–water partition coefficient (Wildman–Crippen LogP) is 5.72. The fraction of sp³-hybridized carbons (Fsp3) is 0.400. The zero-order valence-corrected chi connectivity index (χ0v) is 18.4. The lowest BCUT2D eigenvalue weighted by atomic mass is 10.2. The second kappa shape index (κ2) is 9.45. The minimum atomic E-state index is -3.68. The van der Waals surface area contributed by atoms with Crippen LogP contribution in [0.3, 0.4) is 0 Å². The Morgan fingerprint density at radius 3 is 2.11 bits per heavy atom. The molecule has 2 aromatic carbocycles. The van der Waals surface area contributed by atoms with Crippen molar-refractivity contribution in [3.63, 3.8) is 0 Å². The van der Waals surface area contributed by atoms with Gasteiger partial charge in [-0.1, -0.05) is 43.1 Å². The van der Waals surface area contributed by atoms with E-state index in [1.54, 1.807) is 30.3 Å². The number of hydrogen-bond acceptors (Lipinski definition) is 4. The van der Waals surface area contributed by atoms with Crippen LogP contribution in [0.4, 0.5) is 5.69 Å². The standard InChI is InChI=1S/C20H26Cl2NO3P/c1-14(2)12-13-26-27(25,16-10-8-15(9-11-16)23(3)4)20(24)19-17(21)6-5-7-18(19)22/h5-11,14,20,24H,12-13H2,1-4H3. The molecule has 0 aliphatic heterocycles. The molecule has 1 N–H and O–H groups in total. The Balaban J connectivity index is 2.47. The number of rotatable bonds is 8. The molecule has 0 aromatic heterocycles. The van der Waals surface area contributed by atoms with Crippen molar-refractivity contribution in [3.05, 3.63) is 58.1 Å². The molecule has 2 atom stereocenters. The molecule has 2 rings (SSSR count). The maximum atomic E-state index is 13.9. The molecule has 2 aromatic rings. The van der Waals surface area contributed by atoms with Gasteiger partial charge in [0.05, 0.1) is 6.61 Å². The third-order valence-corrected chi connectivity index (χ3v) is 7.43. The number of anilines is 1. The maximum absolute atomic E-state index is 13.9. The highest BCUT2D eigenvalue weighted by molar-refractivity contribution is 7.67. The summed E-state index contributed by atoms with van der Waals surface area (Å²) in [5, 5.41) is 12.0. The van der Waals surface area contributed by atoms with E-state index in [-0.39, 0.29) is 22.2 Å². The second-order valence-corrected chi connectivity index (χ2v) is 10.3. The van der Waals surface area contributed by atoms with Crippen molar-refractivity contribution >= 4 is 41.6 Å². The molecular weight excluding hydrogens is 404 g/mol. The van der Waals surface area contributed by atoms with E-state index < -0.39 is 13.2 Å². The number of hydrogen-bond donors (Lipinski definition) is 1. The van der Waals surface area contributed by atoms with Crippen LogP contribution in [-0.4, -0.2) is 25.8 Å². The summed E-state index contributed by atoms with van der Waals surface area (Å²) in [7, 11) is 0.169. The molecule has 4 nitrogen and oxygen atoms in total. The van der Waals surface area contributed by atoms with Crippen molar-refractivity contribution < 1.29 is 14.2 Å². The van der Waals surface area contributed by atoms with Crippen LogP contribution >= 0.6 is 30.6 Å². The quantitative estimate of drug-likeness (QED) is 0.545. The van der Waals surface area contributed by atoms with Crippen molar-refractivity contribution in [3.8, 4) is 0 Å². The predicted molar refractivity (Wildman–Crippen MR) is 115 cm³/mol. The minimum Gasteiger partial charge on any atom is -0.378 e. The Kier molecular flexibility index (Phi) is 7.79. The van der Waals surface area contributed by atoms with Crippen LogP contribution in [0.1, 0.15) is 31.7 Å². The van der Waals surface area contributed by atoms with Crippen molar-refractivity contribution in [1.82, 2.24) is 0 Å². The maximum Gasteiger partial charge on any atom is 0.264 e. The summed E-state index contributed by atoms with van der Waals surface area (Å²) in [6, 6.07) is 12.0. The lowest BCUT2D eigenvalue weighted by Crippen LogP contribution is -2.17. The van der Waals surface area contributed by atoms with Crippen LogP contribution in [0.25, 0.3) is 0 Å². The van der Waals surface area contributed by atoms with Crippen LogP contribution < -0.4 is 10.2 Å². The second-order valence-electron chi connectivity index (χ2n) is 7.03. The zero-order chi connectivity index (χ0) is 20.2. The van der Waals surface area contributed by atoms with Crippen molar-refractivity contribution in [2.45, 2.75) is 26.1 Å². The van der Waals surface area contributed by atoms with E-state index in [9.17, 15) is 9.67 Å². The minimum absolute atomic E-state index is 0.227. The molecule has 148 valence electrons. The number of aliphatic hydroxyl groups is 1. The van der Waals surface area contributed by atoms with Gasteiger partial charge in [0.1, 0.15) is 0 Å². The molecule has 27 heavy (non-hydrogen) atoms. The first kappa shape index (κ1) is 22.3. The number of aliphatic hydroxyl groups excluding tert-OH is 1.